The van der Waals surface area contributed by atoms with Crippen molar-refractivity contribution in [1.29, 1.82) is 5.26 Å². The molecule has 1 atom stereocenters. The largest absolute Gasteiger partial charge is 0.473 e. The SMILES string of the molecule is Cc1nn(C)c2c1-c1cc3c([nH]nc3c(C)n1)/C=C/c1c(OCC#N)nn(C)c1CN(C)CC(C)O2. The first-order valence-electron chi connectivity index (χ1n) is 11.7. The summed E-state index contributed by atoms with van der Waals surface area (Å²) in [5.74, 6) is 1.10. The number of aromatic amines is 1. The van der Waals surface area contributed by atoms with Crippen LogP contribution < -0.4 is 9.47 Å². The van der Waals surface area contributed by atoms with E-state index in [2.05, 4.69) is 25.3 Å². The average Bonchev–Trinajstić information content (AvgIpc) is 3.44. The Balaban J connectivity index is 1.73. The van der Waals surface area contributed by atoms with Crippen LogP contribution in [0.5, 0.6) is 11.8 Å². The van der Waals surface area contributed by atoms with E-state index in [0.717, 1.165) is 50.5 Å². The summed E-state index contributed by atoms with van der Waals surface area (Å²) < 4.78 is 15.7. The number of pyridine rings is 1. The Morgan fingerprint density at radius 1 is 1.17 bits per heavy atom. The maximum atomic E-state index is 9.04. The zero-order valence-electron chi connectivity index (χ0n) is 21.3. The van der Waals surface area contributed by atoms with Crippen molar-refractivity contribution in [3.63, 3.8) is 0 Å². The molecule has 4 aromatic rings. The number of aryl methyl sites for hydroxylation is 4. The van der Waals surface area contributed by atoms with Gasteiger partial charge in [-0.1, -0.05) is 0 Å². The van der Waals surface area contributed by atoms with Gasteiger partial charge >= 0.3 is 0 Å². The molecule has 11 heteroatoms. The summed E-state index contributed by atoms with van der Waals surface area (Å²) in [7, 11) is 5.81. The third kappa shape index (κ3) is 4.09. The van der Waals surface area contributed by atoms with Gasteiger partial charge in [0.05, 0.1) is 39.6 Å². The van der Waals surface area contributed by atoms with Gasteiger partial charge in [-0.3, -0.25) is 19.7 Å². The number of H-pyrrole nitrogens is 1. The van der Waals surface area contributed by atoms with Gasteiger partial charge in [0, 0.05) is 32.6 Å². The first-order valence-corrected chi connectivity index (χ1v) is 11.7. The van der Waals surface area contributed by atoms with Gasteiger partial charge in [-0.15, -0.1) is 5.10 Å². The molecule has 0 fully saturated rings. The molecule has 0 aromatic carbocycles. The van der Waals surface area contributed by atoms with Gasteiger partial charge < -0.3 is 9.47 Å². The van der Waals surface area contributed by atoms with Crippen molar-refractivity contribution in [1.82, 2.24) is 39.6 Å². The van der Waals surface area contributed by atoms with Crippen LogP contribution in [-0.4, -0.2) is 65.9 Å². The number of rotatable bonds is 2. The van der Waals surface area contributed by atoms with Crippen LogP contribution in [0.4, 0.5) is 0 Å². The monoisotopic (exact) mass is 487 g/mol. The fraction of sp³-hybridized carbons (Fsp3) is 0.400. The molecule has 0 saturated carbocycles. The third-order valence-corrected chi connectivity index (χ3v) is 6.34. The van der Waals surface area contributed by atoms with Crippen molar-refractivity contribution >= 4 is 23.1 Å². The second-order valence-electron chi connectivity index (χ2n) is 9.21. The van der Waals surface area contributed by atoms with Crippen molar-refractivity contribution in [2.24, 2.45) is 14.1 Å². The highest BCUT2D eigenvalue weighted by Gasteiger charge is 2.24. The molecule has 5 rings (SSSR count). The van der Waals surface area contributed by atoms with Crippen LogP contribution >= 0.6 is 0 Å². The molecule has 0 spiro atoms. The van der Waals surface area contributed by atoms with Crippen molar-refractivity contribution in [3.8, 4) is 29.1 Å². The van der Waals surface area contributed by atoms with Crippen molar-refractivity contribution in [2.45, 2.75) is 33.4 Å². The second-order valence-corrected chi connectivity index (χ2v) is 9.21. The summed E-state index contributed by atoms with van der Waals surface area (Å²) in [6, 6.07) is 4.05. The lowest BCUT2D eigenvalue weighted by Gasteiger charge is -2.23. The molecule has 2 bridgehead atoms. The topological polar surface area (TPSA) is 123 Å². The number of nitrogens with one attached hydrogen (secondary N) is 1. The molecular weight excluding hydrogens is 458 g/mol. The van der Waals surface area contributed by atoms with Crippen LogP contribution in [-0.2, 0) is 20.6 Å². The summed E-state index contributed by atoms with van der Waals surface area (Å²) in [6.45, 7) is 7.16. The number of fused-ring (bicyclic) bond motifs is 4. The first kappa shape index (κ1) is 23.6. The minimum atomic E-state index is -0.121. The lowest BCUT2D eigenvalue weighted by molar-refractivity contribution is 0.147. The lowest BCUT2D eigenvalue weighted by Crippen LogP contribution is -2.32. The predicted molar refractivity (Wildman–Crippen MR) is 135 cm³/mol. The Labute approximate surface area is 208 Å². The van der Waals surface area contributed by atoms with Gasteiger partial charge in [0.1, 0.15) is 17.7 Å². The van der Waals surface area contributed by atoms with E-state index < -0.39 is 0 Å². The molecule has 1 aliphatic rings. The van der Waals surface area contributed by atoms with Crippen LogP contribution in [0, 0.1) is 25.2 Å². The maximum absolute atomic E-state index is 9.04. The van der Waals surface area contributed by atoms with Gasteiger partial charge in [-0.2, -0.15) is 15.5 Å². The van der Waals surface area contributed by atoms with Crippen LogP contribution in [0.25, 0.3) is 34.3 Å². The molecule has 0 radical (unpaired) electrons. The summed E-state index contributed by atoms with van der Waals surface area (Å²) in [6.07, 6.45) is 3.81. The molecule has 0 aliphatic carbocycles. The summed E-state index contributed by atoms with van der Waals surface area (Å²) in [5.41, 5.74) is 6.73. The number of hydrogen-bond donors (Lipinski definition) is 1. The highest BCUT2D eigenvalue weighted by molar-refractivity contribution is 5.93. The predicted octanol–water partition coefficient (Wildman–Crippen LogP) is 2.99. The Hall–Kier alpha value is -4.17. The molecule has 36 heavy (non-hydrogen) atoms. The summed E-state index contributed by atoms with van der Waals surface area (Å²) >= 11 is 0. The summed E-state index contributed by atoms with van der Waals surface area (Å²) in [5, 5.41) is 26.8. The molecule has 4 aromatic heterocycles. The summed E-state index contributed by atoms with van der Waals surface area (Å²) in [4.78, 5) is 7.03. The number of hydrogen-bond acceptors (Lipinski definition) is 8. The van der Waals surface area contributed by atoms with Crippen molar-refractivity contribution in [2.75, 3.05) is 20.2 Å². The Bertz CT molecular complexity index is 1520. The number of likely N-dealkylation sites (N-methyl/N-ethyl adjacent to an activating group) is 1. The molecule has 1 unspecified atom stereocenters. The van der Waals surface area contributed by atoms with Gasteiger partial charge in [-0.25, -0.2) is 4.68 Å². The Morgan fingerprint density at radius 2 is 1.97 bits per heavy atom. The van der Waals surface area contributed by atoms with E-state index in [1.54, 1.807) is 9.36 Å². The van der Waals surface area contributed by atoms with E-state index in [1.165, 1.54) is 0 Å². The van der Waals surface area contributed by atoms with E-state index in [-0.39, 0.29) is 12.7 Å². The Kier molecular flexibility index (Phi) is 5.97. The quantitative estimate of drug-likeness (QED) is 0.458. The van der Waals surface area contributed by atoms with Gasteiger partial charge in [0.2, 0.25) is 11.8 Å². The molecular formula is C25H29N9O2. The van der Waals surface area contributed by atoms with E-state index in [4.69, 9.17) is 19.7 Å². The van der Waals surface area contributed by atoms with Crippen LogP contribution in [0.3, 0.4) is 0 Å². The van der Waals surface area contributed by atoms with E-state index in [9.17, 15) is 0 Å². The smallest absolute Gasteiger partial charge is 0.241 e. The third-order valence-electron chi connectivity index (χ3n) is 6.34. The number of nitrogens with zero attached hydrogens (tertiary/aromatic N) is 8. The Morgan fingerprint density at radius 3 is 2.75 bits per heavy atom. The highest BCUT2D eigenvalue weighted by atomic mass is 16.5. The zero-order valence-corrected chi connectivity index (χ0v) is 21.3. The van der Waals surface area contributed by atoms with E-state index in [1.807, 2.05) is 66.2 Å². The maximum Gasteiger partial charge on any atom is 0.241 e. The van der Waals surface area contributed by atoms with Crippen LogP contribution in [0.15, 0.2) is 6.07 Å². The minimum absolute atomic E-state index is 0.0785. The van der Waals surface area contributed by atoms with Crippen molar-refractivity contribution in [3.05, 3.63) is 34.4 Å². The molecule has 1 aliphatic heterocycles. The standard InChI is InChI=1S/C25H29N9O2/c1-14-12-32(4)13-21-17(24(31-33(21)5)35-10-9-26)7-8-19-18-11-20(27-16(3)23(18)29-28-19)22-15(2)30-34(6)25(22)36-14/h7-8,11,14H,10,12-13H2,1-6H3,(H,28,29)/b8-7+. The highest BCUT2D eigenvalue weighted by Crippen LogP contribution is 2.35. The minimum Gasteiger partial charge on any atom is -0.473 e. The first-order chi connectivity index (χ1) is 17.3. The molecule has 0 amide bonds. The van der Waals surface area contributed by atoms with E-state index >= 15 is 0 Å². The molecule has 11 nitrogen and oxygen atoms in total. The fourth-order valence-corrected chi connectivity index (χ4v) is 4.77. The lowest BCUT2D eigenvalue weighted by atomic mass is 10.1. The normalized spacial score (nSPS) is 17.1. The van der Waals surface area contributed by atoms with Gasteiger partial charge in [0.25, 0.3) is 0 Å². The van der Waals surface area contributed by atoms with Gasteiger partial charge in [0.15, 0.2) is 6.61 Å². The van der Waals surface area contributed by atoms with Crippen LogP contribution in [0.1, 0.15) is 35.3 Å². The number of aromatic nitrogens is 7. The van der Waals surface area contributed by atoms with E-state index in [0.29, 0.717) is 24.8 Å². The molecule has 0 saturated heterocycles. The number of nitriles is 1. The second kappa shape index (κ2) is 9.13. The van der Waals surface area contributed by atoms with Crippen LogP contribution in [0.2, 0.25) is 0 Å². The van der Waals surface area contributed by atoms with Gasteiger partial charge in [-0.05, 0) is 46.0 Å². The molecule has 1 N–H and O–H groups in total. The average molecular weight is 488 g/mol. The number of ether oxygens (including phenoxy) is 2. The zero-order chi connectivity index (χ0) is 25.6. The fourth-order valence-electron chi connectivity index (χ4n) is 4.77. The molecule has 5 heterocycles. The molecule has 186 valence electrons. The van der Waals surface area contributed by atoms with Crippen molar-refractivity contribution < 1.29 is 9.47 Å².